The third-order valence-corrected chi connectivity index (χ3v) is 2.03. The fourth-order valence-corrected chi connectivity index (χ4v) is 1.17. The number of pyridine rings is 1. The molecule has 0 aliphatic rings. The standard InChI is InChI=1S/C11H12ClN3O3/c1-2-5-14-11(17)15-9(16)7-18-8-4-3-6-13-10(8)12/h2-4,6H,1,5,7H2,(H2,14,15,16,17). The molecular formula is C11H12ClN3O3. The van der Waals surface area contributed by atoms with E-state index < -0.39 is 11.9 Å². The van der Waals surface area contributed by atoms with Crippen molar-refractivity contribution in [1.82, 2.24) is 15.6 Å². The van der Waals surface area contributed by atoms with E-state index in [0.717, 1.165) is 0 Å². The van der Waals surface area contributed by atoms with Gasteiger partial charge in [0.15, 0.2) is 17.5 Å². The van der Waals surface area contributed by atoms with Crippen molar-refractivity contribution < 1.29 is 14.3 Å². The first-order valence-corrected chi connectivity index (χ1v) is 5.43. The predicted octanol–water partition coefficient (Wildman–Crippen LogP) is 1.13. The number of hydrogen-bond donors (Lipinski definition) is 2. The highest BCUT2D eigenvalue weighted by molar-refractivity contribution is 6.30. The monoisotopic (exact) mass is 269 g/mol. The Kier molecular flexibility index (Phi) is 5.66. The van der Waals surface area contributed by atoms with Gasteiger partial charge in [-0.1, -0.05) is 17.7 Å². The topological polar surface area (TPSA) is 80.3 Å². The van der Waals surface area contributed by atoms with E-state index in [0.29, 0.717) is 0 Å². The van der Waals surface area contributed by atoms with Crippen LogP contribution in [0, 0.1) is 0 Å². The Balaban J connectivity index is 2.35. The molecule has 7 heteroatoms. The van der Waals surface area contributed by atoms with E-state index in [1.165, 1.54) is 12.3 Å². The summed E-state index contributed by atoms with van der Waals surface area (Å²) in [5, 5.41) is 4.62. The zero-order valence-electron chi connectivity index (χ0n) is 9.48. The van der Waals surface area contributed by atoms with E-state index >= 15 is 0 Å². The number of halogens is 1. The van der Waals surface area contributed by atoms with Crippen LogP contribution < -0.4 is 15.4 Å². The van der Waals surface area contributed by atoms with Gasteiger partial charge in [0.05, 0.1) is 0 Å². The summed E-state index contributed by atoms with van der Waals surface area (Å²) in [5.41, 5.74) is 0. The Hall–Kier alpha value is -2.08. The van der Waals surface area contributed by atoms with Crippen LogP contribution >= 0.6 is 11.6 Å². The predicted molar refractivity (Wildman–Crippen MR) is 66.5 cm³/mol. The minimum Gasteiger partial charge on any atom is -0.481 e. The largest absolute Gasteiger partial charge is 0.481 e. The molecule has 0 bridgehead atoms. The van der Waals surface area contributed by atoms with Crippen LogP contribution in [0.3, 0.4) is 0 Å². The normalized spacial score (nSPS) is 9.39. The summed E-state index contributed by atoms with van der Waals surface area (Å²) in [4.78, 5) is 26.2. The molecule has 0 saturated heterocycles. The first-order valence-electron chi connectivity index (χ1n) is 5.05. The van der Waals surface area contributed by atoms with Crippen LogP contribution in [-0.4, -0.2) is 30.1 Å². The number of ether oxygens (including phenoxy) is 1. The summed E-state index contributed by atoms with van der Waals surface area (Å²) in [6.07, 6.45) is 2.99. The van der Waals surface area contributed by atoms with Gasteiger partial charge in [-0.15, -0.1) is 6.58 Å². The third kappa shape index (κ3) is 4.84. The van der Waals surface area contributed by atoms with Crippen LogP contribution in [0.2, 0.25) is 5.15 Å². The molecule has 3 amide bonds. The molecule has 1 heterocycles. The van der Waals surface area contributed by atoms with Crippen molar-refractivity contribution in [2.75, 3.05) is 13.2 Å². The van der Waals surface area contributed by atoms with Gasteiger partial charge in [0.1, 0.15) is 0 Å². The van der Waals surface area contributed by atoms with E-state index in [2.05, 4.69) is 22.2 Å². The van der Waals surface area contributed by atoms with Crippen molar-refractivity contribution in [2.24, 2.45) is 0 Å². The van der Waals surface area contributed by atoms with Gasteiger partial charge in [-0.2, -0.15) is 0 Å². The van der Waals surface area contributed by atoms with Crippen molar-refractivity contribution in [3.63, 3.8) is 0 Å². The molecule has 0 aromatic carbocycles. The molecule has 96 valence electrons. The van der Waals surface area contributed by atoms with Gasteiger partial charge in [-0.25, -0.2) is 9.78 Å². The van der Waals surface area contributed by atoms with Gasteiger partial charge in [0.2, 0.25) is 0 Å². The van der Waals surface area contributed by atoms with E-state index in [1.54, 1.807) is 12.1 Å². The van der Waals surface area contributed by atoms with Crippen LogP contribution in [0.5, 0.6) is 5.75 Å². The van der Waals surface area contributed by atoms with Gasteiger partial charge in [-0.3, -0.25) is 10.1 Å². The molecular weight excluding hydrogens is 258 g/mol. The van der Waals surface area contributed by atoms with Crippen LogP contribution in [0.1, 0.15) is 0 Å². The molecule has 1 rings (SSSR count). The molecule has 0 radical (unpaired) electrons. The van der Waals surface area contributed by atoms with Crippen LogP contribution in [0.15, 0.2) is 31.0 Å². The molecule has 18 heavy (non-hydrogen) atoms. The summed E-state index contributed by atoms with van der Waals surface area (Å²) in [6, 6.07) is 2.58. The zero-order chi connectivity index (χ0) is 13.4. The van der Waals surface area contributed by atoms with Crippen LogP contribution in [0.4, 0.5) is 4.79 Å². The SMILES string of the molecule is C=CCNC(=O)NC(=O)COc1cccnc1Cl. The van der Waals surface area contributed by atoms with Gasteiger partial charge >= 0.3 is 6.03 Å². The highest BCUT2D eigenvalue weighted by Gasteiger charge is 2.08. The first kappa shape index (κ1) is 14.0. The lowest BCUT2D eigenvalue weighted by Gasteiger charge is -2.07. The molecule has 6 nitrogen and oxygen atoms in total. The van der Waals surface area contributed by atoms with Crippen molar-refractivity contribution in [3.8, 4) is 5.75 Å². The lowest BCUT2D eigenvalue weighted by Crippen LogP contribution is -2.41. The molecule has 1 aromatic rings. The Morgan fingerprint density at radius 1 is 1.56 bits per heavy atom. The number of aromatic nitrogens is 1. The maximum atomic E-state index is 11.3. The molecule has 0 unspecified atom stereocenters. The number of urea groups is 1. The summed E-state index contributed by atoms with van der Waals surface area (Å²) >= 11 is 5.72. The van der Waals surface area contributed by atoms with Crippen molar-refractivity contribution >= 4 is 23.5 Å². The third-order valence-electron chi connectivity index (χ3n) is 1.74. The lowest BCUT2D eigenvalue weighted by atomic mass is 10.4. The fraction of sp³-hybridized carbons (Fsp3) is 0.182. The summed E-state index contributed by atoms with van der Waals surface area (Å²) in [7, 11) is 0. The number of hydrogen-bond acceptors (Lipinski definition) is 4. The molecule has 0 aliphatic heterocycles. The first-order chi connectivity index (χ1) is 8.63. The van der Waals surface area contributed by atoms with Crippen molar-refractivity contribution in [1.29, 1.82) is 0 Å². The Labute approximate surface area is 109 Å². The number of nitrogens with zero attached hydrogens (tertiary/aromatic N) is 1. The minimum atomic E-state index is -0.610. The van der Waals surface area contributed by atoms with Crippen molar-refractivity contribution in [2.45, 2.75) is 0 Å². The number of imide groups is 1. The number of carbonyl (C=O) groups excluding carboxylic acids is 2. The minimum absolute atomic E-state index is 0.154. The maximum Gasteiger partial charge on any atom is 0.321 e. The molecule has 1 aromatic heterocycles. The number of nitrogens with one attached hydrogen (secondary N) is 2. The summed E-state index contributed by atoms with van der Waals surface area (Å²) in [6.45, 7) is 3.37. The molecule has 0 aliphatic carbocycles. The Morgan fingerprint density at radius 2 is 2.33 bits per heavy atom. The summed E-state index contributed by atoms with van der Waals surface area (Å²) in [5.74, 6) is -0.308. The van der Waals surface area contributed by atoms with E-state index in [9.17, 15) is 9.59 Å². The van der Waals surface area contributed by atoms with Gasteiger partial charge in [0.25, 0.3) is 5.91 Å². The molecule has 0 saturated carbocycles. The summed E-state index contributed by atoms with van der Waals surface area (Å²) < 4.78 is 5.10. The fourth-order valence-electron chi connectivity index (χ4n) is 0.994. The second-order valence-corrected chi connectivity index (χ2v) is 3.49. The van der Waals surface area contributed by atoms with Crippen LogP contribution in [0.25, 0.3) is 0 Å². The maximum absolute atomic E-state index is 11.3. The van der Waals surface area contributed by atoms with Gasteiger partial charge < -0.3 is 10.1 Å². The van der Waals surface area contributed by atoms with Crippen LogP contribution in [-0.2, 0) is 4.79 Å². The zero-order valence-corrected chi connectivity index (χ0v) is 10.2. The highest BCUT2D eigenvalue weighted by Crippen LogP contribution is 2.19. The van der Waals surface area contributed by atoms with Crippen molar-refractivity contribution in [3.05, 3.63) is 36.1 Å². The van der Waals surface area contributed by atoms with E-state index in [1.807, 2.05) is 0 Å². The van der Waals surface area contributed by atoms with E-state index in [-0.39, 0.29) is 24.1 Å². The average Bonchev–Trinajstić information content (AvgIpc) is 2.35. The Bertz CT molecular complexity index is 451. The average molecular weight is 270 g/mol. The quantitative estimate of drug-likeness (QED) is 0.620. The highest BCUT2D eigenvalue weighted by atomic mass is 35.5. The number of rotatable bonds is 5. The van der Waals surface area contributed by atoms with E-state index in [4.69, 9.17) is 16.3 Å². The lowest BCUT2D eigenvalue weighted by molar-refractivity contribution is -0.122. The smallest absolute Gasteiger partial charge is 0.321 e. The Morgan fingerprint density at radius 3 is 3.00 bits per heavy atom. The molecule has 0 atom stereocenters. The van der Waals surface area contributed by atoms with Gasteiger partial charge in [-0.05, 0) is 12.1 Å². The molecule has 0 fully saturated rings. The molecule has 2 N–H and O–H groups in total. The number of amides is 3. The number of carbonyl (C=O) groups is 2. The van der Waals surface area contributed by atoms with Gasteiger partial charge in [0, 0.05) is 12.7 Å². The second-order valence-electron chi connectivity index (χ2n) is 3.13. The molecule has 0 spiro atoms. The second kappa shape index (κ2) is 7.29.